The Labute approximate surface area is 464 Å². The molecule has 1 aliphatic heterocycles. The monoisotopic (exact) mass is 1140 g/mol. The standard InChI is InChI=1S/C60H65F4N4O8S3/c1-13-60(11,12)59(70)67-45(58(69)75-14-2)31-77-56-50(61)52(63)57(53(64)51(56)62)79(73,74)68-78(71,72)48-24-16-15-19-44(48)49-42-27-25-36(65-54-38(32(3)4)20-17-21-39(54)33(5)6)29-46(42)76-47-30-37(26-28-43(47)49)66-55-40(34(7)8)22-18-23-41(55)35(9)10/h15-30,32-35,45H,13-14,31H2,1-12H3,(H,65,66)(H,67,70)/q-1/p+1. The highest BCUT2D eigenvalue weighted by atomic mass is 32.3. The fraction of sp³-hybridized carbons (Fsp3) is 0.350. The number of anilines is 2. The summed E-state index contributed by atoms with van der Waals surface area (Å²) in [6.07, 6.45) is 0.333. The Morgan fingerprint density at radius 1 is 0.696 bits per heavy atom. The number of carbonyl (C=O) groups is 2. The smallest absolute Gasteiger partial charge is 0.329 e. The fourth-order valence-electron chi connectivity index (χ4n) is 9.16. The van der Waals surface area contributed by atoms with Gasteiger partial charge in [-0.3, -0.25) is 4.79 Å². The van der Waals surface area contributed by atoms with Crippen molar-refractivity contribution in [1.29, 1.82) is 0 Å². The molecule has 0 fully saturated rings. The number of fused-ring (bicyclic) bond motifs is 2. The van der Waals surface area contributed by atoms with Crippen LogP contribution in [0.1, 0.15) is 135 Å². The molecule has 0 saturated carbocycles. The van der Waals surface area contributed by atoms with Crippen LogP contribution in [-0.2, 0) is 34.4 Å². The zero-order valence-corrected chi connectivity index (χ0v) is 48.6. The van der Waals surface area contributed by atoms with E-state index in [4.69, 9.17) is 9.15 Å². The van der Waals surface area contributed by atoms with E-state index >= 15 is 17.6 Å². The summed E-state index contributed by atoms with van der Waals surface area (Å²) < 4.78 is 136. The fourth-order valence-corrected chi connectivity index (χ4v) is 13.1. The highest BCUT2D eigenvalue weighted by Gasteiger charge is 2.35. The summed E-state index contributed by atoms with van der Waals surface area (Å²) in [6, 6.07) is 26.6. The molecule has 12 nitrogen and oxygen atoms in total. The molecule has 19 heteroatoms. The van der Waals surface area contributed by atoms with Gasteiger partial charge < -0.3 is 23.9 Å². The van der Waals surface area contributed by atoms with E-state index in [1.54, 1.807) is 57.2 Å². The van der Waals surface area contributed by atoms with Crippen LogP contribution in [0.15, 0.2) is 116 Å². The first-order valence-corrected chi connectivity index (χ1v) is 29.9. The largest absolute Gasteiger partial charge is 0.464 e. The second-order valence-electron chi connectivity index (χ2n) is 21.2. The molecule has 0 bridgehead atoms. The third kappa shape index (κ3) is 12.6. The van der Waals surface area contributed by atoms with Crippen molar-refractivity contribution in [3.8, 4) is 22.5 Å². The average Bonchev–Trinajstić information content (AvgIpc) is 3.60. The van der Waals surface area contributed by atoms with Crippen molar-refractivity contribution in [2.24, 2.45) is 5.41 Å². The van der Waals surface area contributed by atoms with E-state index in [1.165, 1.54) is 25.1 Å². The van der Waals surface area contributed by atoms with Crippen molar-refractivity contribution >= 4 is 71.7 Å². The van der Waals surface area contributed by atoms with Gasteiger partial charge in [-0.1, -0.05) is 131 Å². The number of para-hydroxylation sites is 2. The number of hydrogen-bond acceptors (Lipinski definition) is 10. The first-order chi connectivity index (χ1) is 37.1. The van der Waals surface area contributed by atoms with Gasteiger partial charge in [0.2, 0.25) is 17.0 Å². The lowest BCUT2D eigenvalue weighted by atomic mass is 9.89. The minimum atomic E-state index is -6.14. The molecule has 1 heterocycles. The van der Waals surface area contributed by atoms with Gasteiger partial charge in [0.15, 0.2) is 23.3 Å². The molecule has 3 N–H and O–H groups in total. The minimum absolute atomic E-state index is 0.0587. The molecule has 7 rings (SSSR count). The molecule has 1 amide bonds. The Bertz CT molecular complexity index is 3670. The zero-order valence-electron chi connectivity index (χ0n) is 46.2. The molecular formula is C60H66F4N4O8S3. The van der Waals surface area contributed by atoms with Gasteiger partial charge in [0, 0.05) is 67.9 Å². The number of esters is 1. The van der Waals surface area contributed by atoms with Crippen LogP contribution in [0.3, 0.4) is 0 Å². The molecule has 0 radical (unpaired) electrons. The van der Waals surface area contributed by atoms with Gasteiger partial charge in [0.1, 0.15) is 42.3 Å². The Balaban J connectivity index is 1.36. The summed E-state index contributed by atoms with van der Waals surface area (Å²) in [7, 11) is -11.7. The molecule has 79 heavy (non-hydrogen) atoms. The maximum atomic E-state index is 16.1. The van der Waals surface area contributed by atoms with Gasteiger partial charge in [0.25, 0.3) is 0 Å². The van der Waals surface area contributed by atoms with Crippen LogP contribution >= 0.6 is 11.8 Å². The number of thioether (sulfide) groups is 1. The van der Waals surface area contributed by atoms with Crippen LogP contribution in [0.25, 0.3) is 37.5 Å². The molecule has 420 valence electrons. The number of carbonyl (C=O) groups excluding carboxylic acids is 2. The van der Waals surface area contributed by atoms with Gasteiger partial charge >= 0.3 is 5.97 Å². The Morgan fingerprint density at radius 2 is 1.27 bits per heavy atom. The lowest BCUT2D eigenvalue weighted by Crippen LogP contribution is -2.71. The molecule has 1 unspecified atom stereocenters. The van der Waals surface area contributed by atoms with Crippen LogP contribution in [-0.4, -0.2) is 47.1 Å². The van der Waals surface area contributed by atoms with E-state index in [1.807, 2.05) is 12.1 Å². The Hall–Kier alpha value is -6.54. The summed E-state index contributed by atoms with van der Waals surface area (Å²) >= 11 is 0.0587. The topological polar surface area (TPSA) is 177 Å². The zero-order chi connectivity index (χ0) is 58.1. The van der Waals surface area contributed by atoms with Gasteiger partial charge in [-0.05, 0) is 72.4 Å². The maximum Gasteiger partial charge on any atom is 0.329 e. The maximum absolute atomic E-state index is 16.1. The van der Waals surface area contributed by atoms with E-state index in [9.17, 15) is 26.4 Å². The summed E-state index contributed by atoms with van der Waals surface area (Å²) in [4.78, 5) is 25.0. The predicted octanol–water partition coefficient (Wildman–Crippen LogP) is 13.3. The predicted molar refractivity (Wildman–Crippen MR) is 302 cm³/mol. The van der Waals surface area contributed by atoms with Gasteiger partial charge in [-0.2, -0.15) is 0 Å². The highest BCUT2D eigenvalue weighted by molar-refractivity contribution is 8.12. The average molecular weight is 1140 g/mol. The van der Waals surface area contributed by atoms with Crippen molar-refractivity contribution in [3.63, 3.8) is 0 Å². The third-order valence-corrected chi connectivity index (χ3v) is 18.4. The van der Waals surface area contributed by atoms with Gasteiger partial charge in [-0.25, -0.2) is 44.2 Å². The summed E-state index contributed by atoms with van der Waals surface area (Å²) in [5.74, 6) is -10.8. The van der Waals surface area contributed by atoms with Crippen molar-refractivity contribution < 1.29 is 58.1 Å². The number of hydrogen-bond donors (Lipinski definition) is 3. The molecule has 2 aliphatic rings. The molecule has 5 aromatic rings. The molecule has 1 atom stereocenters. The van der Waals surface area contributed by atoms with E-state index in [0.717, 1.165) is 39.7 Å². The Morgan fingerprint density at radius 3 is 1.82 bits per heavy atom. The van der Waals surface area contributed by atoms with Crippen molar-refractivity contribution in [1.82, 2.24) is 5.32 Å². The van der Waals surface area contributed by atoms with Crippen LogP contribution in [0.4, 0.5) is 34.6 Å². The lowest BCUT2D eigenvalue weighted by Gasteiger charge is -2.26. The van der Waals surface area contributed by atoms with Crippen molar-refractivity contribution in [2.75, 3.05) is 17.7 Å². The SMILES string of the molecule is CCOC(=O)C(CSc1c(F)c(F)c(S(=O)(=O)[N-]S(=O)(=O)c2ccccc2-c2c3ccc(=[NH+]c4c(C(C)C)cccc4C(C)C)cc-3oc3cc(Nc4c(C(C)C)cccc4C(C)C)ccc23)c(F)c1F)NC(=O)C(C)(C)CC. The quantitative estimate of drug-likeness (QED) is 0.0219. The van der Waals surface area contributed by atoms with Crippen molar-refractivity contribution in [3.05, 3.63) is 152 Å². The summed E-state index contributed by atoms with van der Waals surface area (Å²) in [5, 5.41) is 7.06. The molecule has 1 aliphatic carbocycles. The number of benzene rings is 6. The van der Waals surface area contributed by atoms with E-state index in [0.29, 0.717) is 28.4 Å². The first kappa shape index (κ1) is 60.1. The second-order valence-corrected chi connectivity index (χ2v) is 25.5. The normalized spacial score (nSPS) is 13.1. The van der Waals surface area contributed by atoms with Gasteiger partial charge in [-0.15, -0.1) is 11.8 Å². The minimum Gasteiger partial charge on any atom is -0.464 e. The molecular weight excluding hydrogens is 1080 g/mol. The van der Waals surface area contributed by atoms with E-state index in [-0.39, 0.29) is 64.5 Å². The number of amides is 1. The molecule has 0 saturated heterocycles. The summed E-state index contributed by atoms with van der Waals surface area (Å²) in [5.41, 5.74) is 6.62. The number of nitrogens with zero attached hydrogens (tertiary/aromatic N) is 1. The van der Waals surface area contributed by atoms with Crippen LogP contribution in [0, 0.1) is 28.7 Å². The van der Waals surface area contributed by atoms with E-state index < -0.39 is 87.1 Å². The number of halogens is 4. The number of nitrogens with one attached hydrogen (secondary N) is 3. The van der Waals surface area contributed by atoms with Crippen LogP contribution in [0.2, 0.25) is 0 Å². The molecule has 5 aromatic carbocycles. The summed E-state index contributed by atoms with van der Waals surface area (Å²) in [6.45, 7) is 23.0. The number of rotatable bonds is 20. The van der Waals surface area contributed by atoms with Gasteiger partial charge in [0.05, 0.1) is 22.5 Å². The van der Waals surface area contributed by atoms with E-state index in [2.05, 4.69) is 99.4 Å². The number of sulfonamides is 2. The Kier molecular flexibility index (Phi) is 18.3. The highest BCUT2D eigenvalue weighted by Crippen LogP contribution is 2.46. The first-order valence-electron chi connectivity index (χ1n) is 26.1. The molecule has 0 spiro atoms. The lowest BCUT2D eigenvalue weighted by molar-refractivity contribution is -0.404. The number of ether oxygens (including phenoxy) is 1. The van der Waals surface area contributed by atoms with Crippen LogP contribution < -0.4 is 21.0 Å². The van der Waals surface area contributed by atoms with Crippen molar-refractivity contribution in [2.45, 2.75) is 134 Å². The molecule has 0 aromatic heterocycles. The third-order valence-electron chi connectivity index (χ3n) is 13.8. The second kappa shape index (κ2) is 24.0. The van der Waals surface area contributed by atoms with Crippen LogP contribution in [0.5, 0.6) is 0 Å².